The summed E-state index contributed by atoms with van der Waals surface area (Å²) in [6.45, 7) is 1.38. The Balaban J connectivity index is 2.51. The lowest BCUT2D eigenvalue weighted by Crippen LogP contribution is -2.26. The van der Waals surface area contributed by atoms with E-state index in [0.29, 0.717) is 6.54 Å². The van der Waals surface area contributed by atoms with Gasteiger partial charge in [-0.1, -0.05) is 0 Å². The van der Waals surface area contributed by atoms with Crippen molar-refractivity contribution in [1.29, 1.82) is 0 Å². The summed E-state index contributed by atoms with van der Waals surface area (Å²) in [5.74, 6) is 0.312. The number of hydrogen-bond acceptors (Lipinski definition) is 2. The van der Waals surface area contributed by atoms with Crippen LogP contribution in [0.15, 0.2) is 0 Å². The van der Waals surface area contributed by atoms with Crippen LogP contribution < -0.4 is 5.73 Å². The van der Waals surface area contributed by atoms with Gasteiger partial charge in [0.2, 0.25) is 5.91 Å². The average molecular weight is 128 g/mol. The molecule has 2 N–H and O–H groups in total. The Bertz CT molecular complexity index is 124. The highest BCUT2D eigenvalue weighted by molar-refractivity contribution is 5.80. The van der Waals surface area contributed by atoms with E-state index < -0.39 is 0 Å². The number of hydrogen-bond donors (Lipinski definition) is 1. The van der Waals surface area contributed by atoms with Gasteiger partial charge in [0.1, 0.15) is 0 Å². The Morgan fingerprint density at radius 2 is 2.56 bits per heavy atom. The zero-order chi connectivity index (χ0) is 6.85. The van der Waals surface area contributed by atoms with Crippen LogP contribution in [0, 0.1) is 5.92 Å². The van der Waals surface area contributed by atoms with Gasteiger partial charge in [-0.25, -0.2) is 0 Å². The molecule has 0 aromatic rings. The second-order valence-corrected chi connectivity index (χ2v) is 2.48. The molecule has 0 radical (unpaired) electrons. The molecule has 0 unspecified atom stereocenters. The van der Waals surface area contributed by atoms with Crippen molar-refractivity contribution >= 4 is 5.91 Å². The van der Waals surface area contributed by atoms with Gasteiger partial charge in [0.15, 0.2) is 0 Å². The maximum absolute atomic E-state index is 11.0. The standard InChI is InChI=1S/C6H12N2O/c1-8-3-2-5(4-7)6(8)9/h5H,2-4,7H2,1H3/t5-/m1/s1. The van der Waals surface area contributed by atoms with E-state index in [0.717, 1.165) is 13.0 Å². The third-order valence-corrected chi connectivity index (χ3v) is 1.82. The monoisotopic (exact) mass is 128 g/mol. The fourth-order valence-corrected chi connectivity index (χ4v) is 1.11. The zero-order valence-electron chi connectivity index (χ0n) is 5.63. The first kappa shape index (κ1) is 6.55. The van der Waals surface area contributed by atoms with Crippen LogP contribution in [0.2, 0.25) is 0 Å². The van der Waals surface area contributed by atoms with Crippen molar-refractivity contribution in [3.05, 3.63) is 0 Å². The quantitative estimate of drug-likeness (QED) is 0.513. The van der Waals surface area contributed by atoms with Gasteiger partial charge < -0.3 is 10.6 Å². The Kier molecular flexibility index (Phi) is 1.71. The lowest BCUT2D eigenvalue weighted by atomic mass is 10.1. The molecule has 0 spiro atoms. The lowest BCUT2D eigenvalue weighted by Gasteiger charge is -2.06. The number of nitrogens with zero attached hydrogens (tertiary/aromatic N) is 1. The smallest absolute Gasteiger partial charge is 0.226 e. The minimum absolute atomic E-state index is 0.106. The summed E-state index contributed by atoms with van der Waals surface area (Å²) in [6.07, 6.45) is 0.936. The van der Waals surface area contributed by atoms with Gasteiger partial charge in [0.25, 0.3) is 0 Å². The molecular formula is C6H12N2O. The first-order valence-electron chi connectivity index (χ1n) is 3.20. The van der Waals surface area contributed by atoms with Gasteiger partial charge in [-0.2, -0.15) is 0 Å². The van der Waals surface area contributed by atoms with Crippen LogP contribution in [-0.2, 0) is 4.79 Å². The first-order valence-corrected chi connectivity index (χ1v) is 3.20. The van der Waals surface area contributed by atoms with E-state index in [2.05, 4.69) is 0 Å². The highest BCUT2D eigenvalue weighted by atomic mass is 16.2. The molecule has 1 saturated heterocycles. The molecule has 52 valence electrons. The summed E-state index contributed by atoms with van der Waals surface area (Å²) in [5.41, 5.74) is 5.34. The highest BCUT2D eigenvalue weighted by Gasteiger charge is 2.26. The van der Waals surface area contributed by atoms with Gasteiger partial charge >= 0.3 is 0 Å². The molecule has 1 amide bonds. The van der Waals surface area contributed by atoms with E-state index in [1.807, 2.05) is 7.05 Å². The molecule has 0 saturated carbocycles. The summed E-state index contributed by atoms with van der Waals surface area (Å²) in [6, 6.07) is 0. The highest BCUT2D eigenvalue weighted by Crippen LogP contribution is 2.13. The summed E-state index contributed by atoms with van der Waals surface area (Å²) >= 11 is 0. The van der Waals surface area contributed by atoms with Gasteiger partial charge in [0, 0.05) is 20.1 Å². The van der Waals surface area contributed by atoms with Crippen molar-refractivity contribution in [1.82, 2.24) is 4.90 Å². The Morgan fingerprint density at radius 3 is 2.78 bits per heavy atom. The maximum Gasteiger partial charge on any atom is 0.226 e. The van der Waals surface area contributed by atoms with Crippen LogP contribution >= 0.6 is 0 Å². The second kappa shape index (κ2) is 2.35. The van der Waals surface area contributed by atoms with Crippen molar-refractivity contribution < 1.29 is 4.79 Å². The Morgan fingerprint density at radius 1 is 1.89 bits per heavy atom. The number of carbonyl (C=O) groups excluding carboxylic acids is 1. The molecule has 1 atom stereocenters. The largest absolute Gasteiger partial charge is 0.345 e. The topological polar surface area (TPSA) is 46.3 Å². The number of nitrogens with two attached hydrogens (primary N) is 1. The van der Waals surface area contributed by atoms with E-state index in [-0.39, 0.29) is 11.8 Å². The molecule has 9 heavy (non-hydrogen) atoms. The Labute approximate surface area is 54.8 Å². The summed E-state index contributed by atoms with van der Waals surface area (Å²) in [5, 5.41) is 0. The average Bonchev–Trinajstić information content (AvgIpc) is 2.15. The predicted octanol–water partition coefficient (Wildman–Crippen LogP) is -0.577. The van der Waals surface area contributed by atoms with Crippen molar-refractivity contribution in [2.24, 2.45) is 11.7 Å². The van der Waals surface area contributed by atoms with E-state index in [1.54, 1.807) is 4.90 Å². The molecule has 1 heterocycles. The molecule has 0 bridgehead atoms. The third kappa shape index (κ3) is 1.05. The van der Waals surface area contributed by atoms with E-state index >= 15 is 0 Å². The zero-order valence-corrected chi connectivity index (χ0v) is 5.63. The minimum Gasteiger partial charge on any atom is -0.345 e. The molecule has 0 aromatic carbocycles. The minimum atomic E-state index is 0.106. The maximum atomic E-state index is 11.0. The fourth-order valence-electron chi connectivity index (χ4n) is 1.11. The molecule has 3 heteroatoms. The predicted molar refractivity (Wildman–Crippen MR) is 34.8 cm³/mol. The van der Waals surface area contributed by atoms with Crippen LogP contribution in [0.5, 0.6) is 0 Å². The summed E-state index contributed by atoms with van der Waals surface area (Å²) < 4.78 is 0. The first-order chi connectivity index (χ1) is 4.25. The van der Waals surface area contributed by atoms with Crippen molar-refractivity contribution in [2.75, 3.05) is 20.1 Å². The summed E-state index contributed by atoms with van der Waals surface area (Å²) in [4.78, 5) is 12.7. The number of rotatable bonds is 1. The molecule has 0 aliphatic carbocycles. The molecule has 1 aliphatic heterocycles. The molecule has 1 rings (SSSR count). The molecule has 1 fully saturated rings. The SMILES string of the molecule is CN1CC[C@H](CN)C1=O. The van der Waals surface area contributed by atoms with Gasteiger partial charge in [-0.3, -0.25) is 4.79 Å². The van der Waals surface area contributed by atoms with E-state index in [1.165, 1.54) is 0 Å². The van der Waals surface area contributed by atoms with E-state index in [4.69, 9.17) is 5.73 Å². The molecule has 1 aliphatic rings. The number of likely N-dealkylation sites (tertiary alicyclic amines) is 1. The normalized spacial score (nSPS) is 27.6. The Hall–Kier alpha value is -0.570. The van der Waals surface area contributed by atoms with Crippen LogP contribution in [0.3, 0.4) is 0 Å². The van der Waals surface area contributed by atoms with Crippen LogP contribution in [0.1, 0.15) is 6.42 Å². The second-order valence-electron chi connectivity index (χ2n) is 2.48. The van der Waals surface area contributed by atoms with Crippen molar-refractivity contribution in [3.63, 3.8) is 0 Å². The van der Waals surface area contributed by atoms with Crippen molar-refractivity contribution in [3.8, 4) is 0 Å². The van der Waals surface area contributed by atoms with Crippen LogP contribution in [0.25, 0.3) is 0 Å². The number of carbonyl (C=O) groups is 1. The molecule has 0 aromatic heterocycles. The number of amides is 1. The lowest BCUT2D eigenvalue weighted by molar-refractivity contribution is -0.129. The molecular weight excluding hydrogens is 116 g/mol. The molecule has 3 nitrogen and oxygen atoms in total. The van der Waals surface area contributed by atoms with E-state index in [9.17, 15) is 4.79 Å². The van der Waals surface area contributed by atoms with Gasteiger partial charge in [-0.05, 0) is 6.42 Å². The van der Waals surface area contributed by atoms with Crippen molar-refractivity contribution in [2.45, 2.75) is 6.42 Å². The third-order valence-electron chi connectivity index (χ3n) is 1.82. The summed E-state index contributed by atoms with van der Waals surface area (Å²) in [7, 11) is 1.82. The van der Waals surface area contributed by atoms with Gasteiger partial charge in [-0.15, -0.1) is 0 Å². The van der Waals surface area contributed by atoms with Crippen LogP contribution in [0.4, 0.5) is 0 Å². The van der Waals surface area contributed by atoms with Gasteiger partial charge in [0.05, 0.1) is 5.92 Å². The van der Waals surface area contributed by atoms with Crippen LogP contribution in [-0.4, -0.2) is 30.9 Å². The fraction of sp³-hybridized carbons (Fsp3) is 0.833.